The smallest absolute Gasteiger partial charge is 0.451 e. The first kappa shape index (κ1) is 14.5. The lowest BCUT2D eigenvalue weighted by Gasteiger charge is -2.09. The van der Waals surface area contributed by atoms with E-state index >= 15 is 0 Å². The first-order valence-corrected chi connectivity index (χ1v) is 5.97. The molecule has 2 aromatic heterocycles. The number of rotatable bonds is 4. The van der Waals surface area contributed by atoms with E-state index in [-0.39, 0.29) is 17.6 Å². The largest absolute Gasteiger partial charge is 0.477 e. The van der Waals surface area contributed by atoms with Crippen molar-refractivity contribution < 1.29 is 17.9 Å². The second kappa shape index (κ2) is 6.04. The van der Waals surface area contributed by atoms with Crippen LogP contribution in [0.4, 0.5) is 13.2 Å². The molecule has 0 saturated heterocycles. The lowest BCUT2D eigenvalue weighted by atomic mass is 10.3. The summed E-state index contributed by atoms with van der Waals surface area (Å²) in [6, 6.07) is 6.50. The molecule has 2 heterocycles. The Bertz CT molecular complexity index is 578. The number of ether oxygens (including phenoxy) is 1. The molecule has 0 unspecified atom stereocenters. The van der Waals surface area contributed by atoms with Gasteiger partial charge in [-0.05, 0) is 12.1 Å². The molecular formula is C12H9ClF3N3O. The molecule has 4 nitrogen and oxygen atoms in total. The highest BCUT2D eigenvalue weighted by molar-refractivity contribution is 6.29. The van der Waals surface area contributed by atoms with Gasteiger partial charge in [-0.25, -0.2) is 4.98 Å². The van der Waals surface area contributed by atoms with Gasteiger partial charge in [0.05, 0.1) is 6.61 Å². The SMILES string of the molecule is FC(F)(F)c1nc(Cl)cc(OCCc2ccccn2)n1. The summed E-state index contributed by atoms with van der Waals surface area (Å²) in [6.07, 6.45) is -2.59. The molecule has 0 radical (unpaired) electrons. The Balaban J connectivity index is 2.01. The zero-order valence-corrected chi connectivity index (χ0v) is 10.8. The topological polar surface area (TPSA) is 47.9 Å². The Morgan fingerprint density at radius 2 is 2.00 bits per heavy atom. The van der Waals surface area contributed by atoms with E-state index in [1.807, 2.05) is 6.07 Å². The third-order valence-electron chi connectivity index (χ3n) is 2.26. The van der Waals surface area contributed by atoms with Crippen molar-refractivity contribution >= 4 is 11.6 Å². The molecule has 0 aromatic carbocycles. The summed E-state index contributed by atoms with van der Waals surface area (Å²) in [5.41, 5.74) is 0.767. The van der Waals surface area contributed by atoms with Gasteiger partial charge in [-0.3, -0.25) is 4.98 Å². The number of pyridine rings is 1. The average molecular weight is 304 g/mol. The fourth-order valence-corrected chi connectivity index (χ4v) is 1.58. The summed E-state index contributed by atoms with van der Waals surface area (Å²) in [6.45, 7) is 0.141. The van der Waals surface area contributed by atoms with Crippen molar-refractivity contribution in [3.8, 4) is 5.88 Å². The summed E-state index contributed by atoms with van der Waals surface area (Å²) >= 11 is 5.51. The second-order valence-corrected chi connectivity index (χ2v) is 4.16. The second-order valence-electron chi connectivity index (χ2n) is 3.77. The van der Waals surface area contributed by atoms with Gasteiger partial charge in [0.1, 0.15) is 5.15 Å². The standard InChI is InChI=1S/C12H9ClF3N3O/c13-9-7-10(19-11(18-9)12(14,15)16)20-6-4-8-3-1-2-5-17-8/h1-3,5,7H,4,6H2. The van der Waals surface area contributed by atoms with Crippen LogP contribution in [0.15, 0.2) is 30.5 Å². The van der Waals surface area contributed by atoms with E-state index in [9.17, 15) is 13.2 Å². The maximum Gasteiger partial charge on any atom is 0.451 e. The van der Waals surface area contributed by atoms with Crippen molar-refractivity contribution in [2.24, 2.45) is 0 Å². The van der Waals surface area contributed by atoms with Crippen LogP contribution in [0.3, 0.4) is 0 Å². The fourth-order valence-electron chi connectivity index (χ4n) is 1.40. The molecule has 8 heteroatoms. The number of hydrogen-bond acceptors (Lipinski definition) is 4. The molecule has 0 bridgehead atoms. The van der Waals surface area contributed by atoms with E-state index in [1.165, 1.54) is 0 Å². The lowest BCUT2D eigenvalue weighted by molar-refractivity contribution is -0.145. The van der Waals surface area contributed by atoms with Crippen molar-refractivity contribution in [1.29, 1.82) is 0 Å². The van der Waals surface area contributed by atoms with Crippen LogP contribution in [0.2, 0.25) is 5.15 Å². The normalized spacial score (nSPS) is 11.4. The maximum absolute atomic E-state index is 12.5. The Hall–Kier alpha value is -1.89. The Kier molecular flexibility index (Phi) is 4.39. The molecule has 0 atom stereocenters. The molecule has 106 valence electrons. The monoisotopic (exact) mass is 303 g/mol. The summed E-state index contributed by atoms with van der Waals surface area (Å²) < 4.78 is 42.6. The zero-order chi connectivity index (χ0) is 14.6. The number of hydrogen-bond donors (Lipinski definition) is 0. The van der Waals surface area contributed by atoms with Gasteiger partial charge in [-0.15, -0.1) is 0 Å². The highest BCUT2D eigenvalue weighted by Gasteiger charge is 2.35. The number of nitrogens with zero attached hydrogens (tertiary/aromatic N) is 3. The summed E-state index contributed by atoms with van der Waals surface area (Å²) in [5, 5.41) is -0.319. The van der Waals surface area contributed by atoms with Crippen LogP contribution in [-0.4, -0.2) is 21.6 Å². The van der Waals surface area contributed by atoms with E-state index in [0.29, 0.717) is 6.42 Å². The molecule has 0 aliphatic carbocycles. The summed E-state index contributed by atoms with van der Waals surface area (Å²) in [5.74, 6) is -1.54. The van der Waals surface area contributed by atoms with Crippen LogP contribution in [0.5, 0.6) is 5.88 Å². The highest BCUT2D eigenvalue weighted by atomic mass is 35.5. The van der Waals surface area contributed by atoms with Crippen molar-refractivity contribution in [1.82, 2.24) is 15.0 Å². The minimum Gasteiger partial charge on any atom is -0.477 e. The Morgan fingerprint density at radius 1 is 1.20 bits per heavy atom. The minimum absolute atomic E-state index is 0.141. The molecule has 0 amide bonds. The predicted octanol–water partition coefficient (Wildman–Crippen LogP) is 3.17. The van der Waals surface area contributed by atoms with Gasteiger partial charge in [-0.1, -0.05) is 17.7 Å². The van der Waals surface area contributed by atoms with E-state index in [4.69, 9.17) is 16.3 Å². The molecule has 0 aliphatic heterocycles. The van der Waals surface area contributed by atoms with E-state index < -0.39 is 12.0 Å². The maximum atomic E-state index is 12.5. The summed E-state index contributed by atoms with van der Waals surface area (Å²) in [4.78, 5) is 10.4. The van der Waals surface area contributed by atoms with E-state index in [0.717, 1.165) is 11.8 Å². The zero-order valence-electron chi connectivity index (χ0n) is 10.1. The third-order valence-corrected chi connectivity index (χ3v) is 2.45. The molecule has 0 fully saturated rings. The summed E-state index contributed by atoms with van der Waals surface area (Å²) in [7, 11) is 0. The van der Waals surface area contributed by atoms with Gasteiger partial charge in [0.2, 0.25) is 11.7 Å². The number of halogens is 4. The average Bonchev–Trinajstić information content (AvgIpc) is 2.38. The van der Waals surface area contributed by atoms with Crippen molar-refractivity contribution in [2.45, 2.75) is 12.6 Å². The molecular weight excluding hydrogens is 295 g/mol. The Morgan fingerprint density at radius 3 is 2.65 bits per heavy atom. The minimum atomic E-state index is -4.66. The van der Waals surface area contributed by atoms with Gasteiger partial charge in [0.15, 0.2) is 0 Å². The molecule has 0 aliphatic rings. The molecule has 2 rings (SSSR count). The quantitative estimate of drug-likeness (QED) is 0.814. The number of aromatic nitrogens is 3. The molecule has 20 heavy (non-hydrogen) atoms. The van der Waals surface area contributed by atoms with Crippen LogP contribution in [-0.2, 0) is 12.6 Å². The van der Waals surface area contributed by atoms with Crippen LogP contribution in [0.25, 0.3) is 0 Å². The van der Waals surface area contributed by atoms with E-state index in [2.05, 4.69) is 15.0 Å². The van der Waals surface area contributed by atoms with Gasteiger partial charge in [0, 0.05) is 24.4 Å². The van der Waals surface area contributed by atoms with Crippen LogP contribution >= 0.6 is 11.6 Å². The molecule has 0 N–H and O–H groups in total. The molecule has 2 aromatic rings. The van der Waals surface area contributed by atoms with Gasteiger partial charge in [0.25, 0.3) is 0 Å². The van der Waals surface area contributed by atoms with Crippen LogP contribution in [0.1, 0.15) is 11.5 Å². The van der Waals surface area contributed by atoms with Gasteiger partial charge in [-0.2, -0.15) is 18.2 Å². The van der Waals surface area contributed by atoms with Crippen molar-refractivity contribution in [3.63, 3.8) is 0 Å². The Labute approximate surface area is 117 Å². The first-order valence-electron chi connectivity index (χ1n) is 5.59. The van der Waals surface area contributed by atoms with Gasteiger partial charge >= 0.3 is 6.18 Å². The molecule has 0 saturated carbocycles. The third kappa shape index (κ3) is 4.06. The predicted molar refractivity (Wildman–Crippen MR) is 65.5 cm³/mol. The fraction of sp³-hybridized carbons (Fsp3) is 0.250. The van der Waals surface area contributed by atoms with Crippen LogP contribution in [0, 0.1) is 0 Å². The van der Waals surface area contributed by atoms with Crippen LogP contribution < -0.4 is 4.74 Å². The van der Waals surface area contributed by atoms with Crippen molar-refractivity contribution in [3.05, 3.63) is 47.1 Å². The van der Waals surface area contributed by atoms with Crippen molar-refractivity contribution in [2.75, 3.05) is 6.61 Å². The molecule has 0 spiro atoms. The number of alkyl halides is 3. The van der Waals surface area contributed by atoms with E-state index in [1.54, 1.807) is 18.3 Å². The first-order chi connectivity index (χ1) is 9.45. The lowest BCUT2D eigenvalue weighted by Crippen LogP contribution is -2.13. The highest BCUT2D eigenvalue weighted by Crippen LogP contribution is 2.28. The van der Waals surface area contributed by atoms with Gasteiger partial charge < -0.3 is 4.74 Å².